The summed E-state index contributed by atoms with van der Waals surface area (Å²) in [6.45, 7) is 7.42. The Bertz CT molecular complexity index is 374. The summed E-state index contributed by atoms with van der Waals surface area (Å²) in [4.78, 5) is 6.32. The molecule has 0 radical (unpaired) electrons. The van der Waals surface area contributed by atoms with Gasteiger partial charge in [-0.2, -0.15) is 0 Å². The molecule has 2 aliphatic heterocycles. The zero-order valence-corrected chi connectivity index (χ0v) is 14.8. The predicted molar refractivity (Wildman–Crippen MR) is 90.0 cm³/mol. The number of alkyl halides is 2. The molecule has 0 aromatic carbocycles. The lowest BCUT2D eigenvalue weighted by Gasteiger charge is -2.46. The molecule has 1 saturated carbocycles. The van der Waals surface area contributed by atoms with Crippen molar-refractivity contribution >= 4 is 0 Å². The van der Waals surface area contributed by atoms with E-state index in [4.69, 9.17) is 0 Å². The first-order chi connectivity index (χ1) is 10.9. The van der Waals surface area contributed by atoms with E-state index in [0.717, 1.165) is 45.2 Å². The van der Waals surface area contributed by atoms with Crippen molar-refractivity contribution < 1.29 is 8.78 Å². The van der Waals surface area contributed by atoms with Crippen LogP contribution in [0.15, 0.2) is 0 Å². The summed E-state index contributed by atoms with van der Waals surface area (Å²) in [6, 6.07) is -0.543. The Morgan fingerprint density at radius 3 is 2.17 bits per heavy atom. The smallest absolute Gasteiger partial charge is 0.275 e. The van der Waals surface area contributed by atoms with Gasteiger partial charge in [-0.15, -0.1) is 0 Å². The Labute approximate surface area is 140 Å². The normalized spacial score (nSPS) is 37.8. The van der Waals surface area contributed by atoms with Crippen molar-refractivity contribution in [3.63, 3.8) is 0 Å². The molecule has 134 valence electrons. The van der Waals surface area contributed by atoms with E-state index in [-0.39, 0.29) is 6.54 Å². The number of hydrogen-bond acceptors (Lipinski definition) is 3. The molecule has 0 aromatic heterocycles. The van der Waals surface area contributed by atoms with Crippen molar-refractivity contribution in [2.24, 2.45) is 11.8 Å². The lowest BCUT2D eigenvalue weighted by atomic mass is 9.82. The molecule has 0 bridgehead atoms. The standard InChI is InChI=1S/C18H33F2N3/c1-15-3-5-16(6-4-15)13-22-8-7-17(18(19,20)14-22)23-11-9-21(2)10-12-23/h15-17H,3-14H2,1-2H3. The van der Waals surface area contributed by atoms with Crippen LogP contribution in [0.5, 0.6) is 0 Å². The van der Waals surface area contributed by atoms with E-state index < -0.39 is 12.0 Å². The second-order valence-electron chi connectivity index (χ2n) is 8.27. The SMILES string of the molecule is CC1CCC(CN2CCC(N3CCN(C)CC3)C(F)(F)C2)CC1. The van der Waals surface area contributed by atoms with Crippen LogP contribution in [-0.2, 0) is 0 Å². The molecular weight excluding hydrogens is 296 g/mol. The van der Waals surface area contributed by atoms with Crippen LogP contribution in [-0.4, -0.2) is 79.5 Å². The monoisotopic (exact) mass is 329 g/mol. The van der Waals surface area contributed by atoms with E-state index in [9.17, 15) is 8.78 Å². The van der Waals surface area contributed by atoms with Gasteiger partial charge in [0.25, 0.3) is 5.92 Å². The van der Waals surface area contributed by atoms with E-state index in [1.807, 2.05) is 9.80 Å². The van der Waals surface area contributed by atoms with Crippen LogP contribution < -0.4 is 0 Å². The predicted octanol–water partition coefficient (Wildman–Crippen LogP) is 2.77. The maximum absolute atomic E-state index is 14.7. The fourth-order valence-electron chi connectivity index (χ4n) is 4.61. The molecule has 0 spiro atoms. The van der Waals surface area contributed by atoms with Gasteiger partial charge >= 0.3 is 0 Å². The summed E-state index contributed by atoms with van der Waals surface area (Å²) in [5.41, 5.74) is 0. The molecule has 3 nitrogen and oxygen atoms in total. The van der Waals surface area contributed by atoms with Gasteiger partial charge in [0.05, 0.1) is 12.6 Å². The van der Waals surface area contributed by atoms with Gasteiger partial charge in [0, 0.05) is 39.3 Å². The Hall–Kier alpha value is -0.260. The number of hydrogen-bond donors (Lipinski definition) is 0. The zero-order valence-electron chi connectivity index (χ0n) is 14.8. The molecule has 1 unspecified atom stereocenters. The first kappa shape index (κ1) is 17.6. The summed E-state index contributed by atoms with van der Waals surface area (Å²) < 4.78 is 29.4. The first-order valence-corrected chi connectivity index (χ1v) is 9.47. The van der Waals surface area contributed by atoms with Crippen molar-refractivity contribution in [3.05, 3.63) is 0 Å². The van der Waals surface area contributed by atoms with Crippen LogP contribution in [0.2, 0.25) is 0 Å². The number of nitrogens with zero attached hydrogens (tertiary/aromatic N) is 3. The van der Waals surface area contributed by atoms with Gasteiger partial charge in [-0.05, 0) is 38.1 Å². The number of likely N-dealkylation sites (tertiary alicyclic amines) is 1. The highest BCUT2D eigenvalue weighted by Crippen LogP contribution is 2.34. The molecule has 0 aromatic rings. The van der Waals surface area contributed by atoms with Gasteiger partial charge in [0.15, 0.2) is 0 Å². The van der Waals surface area contributed by atoms with Crippen LogP contribution in [0.1, 0.15) is 39.0 Å². The molecule has 3 fully saturated rings. The first-order valence-electron chi connectivity index (χ1n) is 9.47. The van der Waals surface area contributed by atoms with Gasteiger partial charge in [-0.1, -0.05) is 19.8 Å². The number of likely N-dealkylation sites (N-methyl/N-ethyl adjacent to an activating group) is 1. The van der Waals surface area contributed by atoms with Gasteiger partial charge < -0.3 is 4.90 Å². The molecule has 3 aliphatic rings. The largest absolute Gasteiger partial charge is 0.304 e. The number of piperidine rings is 1. The Kier molecular flexibility index (Phi) is 5.59. The van der Waals surface area contributed by atoms with Crippen molar-refractivity contribution in [2.45, 2.75) is 51.0 Å². The average molecular weight is 329 g/mol. The van der Waals surface area contributed by atoms with E-state index in [0.29, 0.717) is 12.3 Å². The zero-order chi connectivity index (χ0) is 16.4. The minimum Gasteiger partial charge on any atom is -0.304 e. The summed E-state index contributed by atoms with van der Waals surface area (Å²) in [7, 11) is 2.07. The Morgan fingerprint density at radius 2 is 1.57 bits per heavy atom. The maximum Gasteiger partial charge on any atom is 0.275 e. The van der Waals surface area contributed by atoms with Crippen molar-refractivity contribution in [1.82, 2.24) is 14.7 Å². The highest BCUT2D eigenvalue weighted by atomic mass is 19.3. The third-order valence-corrected chi connectivity index (χ3v) is 6.27. The molecule has 23 heavy (non-hydrogen) atoms. The van der Waals surface area contributed by atoms with E-state index in [1.165, 1.54) is 25.7 Å². The lowest BCUT2D eigenvalue weighted by molar-refractivity contribution is -0.135. The molecular formula is C18H33F2N3. The molecule has 2 heterocycles. The quantitative estimate of drug-likeness (QED) is 0.788. The third kappa shape index (κ3) is 4.43. The minimum absolute atomic E-state index is 0.0317. The number of rotatable bonds is 3. The number of halogens is 2. The van der Waals surface area contributed by atoms with Gasteiger partial charge in [0.2, 0.25) is 0 Å². The molecule has 5 heteroatoms. The van der Waals surface area contributed by atoms with Crippen LogP contribution in [0.25, 0.3) is 0 Å². The maximum atomic E-state index is 14.7. The van der Waals surface area contributed by atoms with Crippen molar-refractivity contribution in [3.8, 4) is 0 Å². The molecule has 1 atom stereocenters. The average Bonchev–Trinajstić information content (AvgIpc) is 2.50. The van der Waals surface area contributed by atoms with Gasteiger partial charge in [0.1, 0.15) is 0 Å². The summed E-state index contributed by atoms with van der Waals surface area (Å²) >= 11 is 0. The second kappa shape index (κ2) is 7.32. The van der Waals surface area contributed by atoms with E-state index >= 15 is 0 Å². The van der Waals surface area contributed by atoms with Gasteiger partial charge in [-0.3, -0.25) is 9.80 Å². The number of piperazine rings is 1. The Morgan fingerprint density at radius 1 is 0.913 bits per heavy atom. The molecule has 0 N–H and O–H groups in total. The molecule has 0 amide bonds. The van der Waals surface area contributed by atoms with E-state index in [2.05, 4.69) is 18.9 Å². The van der Waals surface area contributed by atoms with Gasteiger partial charge in [-0.25, -0.2) is 8.78 Å². The summed E-state index contributed by atoms with van der Waals surface area (Å²) in [6.07, 6.45) is 5.63. The van der Waals surface area contributed by atoms with Crippen LogP contribution in [0.4, 0.5) is 8.78 Å². The topological polar surface area (TPSA) is 9.72 Å². The van der Waals surface area contributed by atoms with Crippen LogP contribution in [0, 0.1) is 11.8 Å². The summed E-state index contributed by atoms with van der Waals surface area (Å²) in [5.74, 6) is -1.09. The second-order valence-corrected chi connectivity index (χ2v) is 8.27. The third-order valence-electron chi connectivity index (χ3n) is 6.27. The highest BCUT2D eigenvalue weighted by molar-refractivity contribution is 4.95. The molecule has 3 rings (SSSR count). The lowest BCUT2D eigenvalue weighted by Crippen LogP contribution is -2.61. The fourth-order valence-corrected chi connectivity index (χ4v) is 4.61. The van der Waals surface area contributed by atoms with E-state index in [1.54, 1.807) is 0 Å². The Balaban J connectivity index is 1.51. The highest BCUT2D eigenvalue weighted by Gasteiger charge is 2.47. The van der Waals surface area contributed by atoms with Crippen molar-refractivity contribution in [1.29, 1.82) is 0 Å². The fraction of sp³-hybridized carbons (Fsp3) is 1.00. The molecule has 2 saturated heterocycles. The summed E-state index contributed by atoms with van der Waals surface area (Å²) in [5, 5.41) is 0. The van der Waals surface area contributed by atoms with Crippen LogP contribution in [0.3, 0.4) is 0 Å². The van der Waals surface area contributed by atoms with Crippen LogP contribution >= 0.6 is 0 Å². The minimum atomic E-state index is -2.56. The molecule has 1 aliphatic carbocycles. The van der Waals surface area contributed by atoms with Crippen molar-refractivity contribution in [2.75, 3.05) is 52.9 Å².